The smallest absolute Gasteiger partial charge is 0.435 e. The summed E-state index contributed by atoms with van der Waals surface area (Å²) in [6.45, 7) is 5.64. The fourth-order valence-electron chi connectivity index (χ4n) is 3.22. The van der Waals surface area contributed by atoms with Crippen LogP contribution in [0.1, 0.15) is 21.7 Å². The van der Waals surface area contributed by atoms with Gasteiger partial charge >= 0.3 is 18.4 Å². The first kappa shape index (κ1) is 29.7. The molecule has 1 aromatic heterocycles. The molecule has 2 aromatic carbocycles. The van der Waals surface area contributed by atoms with Crippen molar-refractivity contribution in [3.8, 4) is 0 Å². The minimum absolute atomic E-state index is 0.0996. The molecule has 0 saturated carbocycles. The van der Waals surface area contributed by atoms with Crippen LogP contribution in [0.15, 0.2) is 54.6 Å². The highest BCUT2D eigenvalue weighted by atomic mass is 28.3. The van der Waals surface area contributed by atoms with Crippen LogP contribution < -0.4 is 10.3 Å². The minimum atomic E-state index is -5.34. The molecule has 0 aliphatic rings. The third kappa shape index (κ3) is 7.58. The third-order valence-corrected chi connectivity index (χ3v) is 6.88. The van der Waals surface area contributed by atoms with E-state index in [1.807, 2.05) is 19.6 Å². The van der Waals surface area contributed by atoms with Gasteiger partial charge in [-0.1, -0.05) is 37.8 Å². The van der Waals surface area contributed by atoms with E-state index in [1.54, 1.807) is 0 Å². The van der Waals surface area contributed by atoms with Crippen LogP contribution in [0.2, 0.25) is 25.7 Å². The number of hydrogen-bond donors (Lipinski definition) is 1. The number of amides is 2. The van der Waals surface area contributed by atoms with Gasteiger partial charge in [-0.2, -0.15) is 36.1 Å². The Morgan fingerprint density at radius 1 is 0.974 bits per heavy atom. The molecule has 7 nitrogen and oxygen atoms in total. The zero-order chi connectivity index (χ0) is 29.2. The fourth-order valence-corrected chi connectivity index (χ4v) is 3.93. The molecule has 0 bridgehead atoms. The topological polar surface area (TPSA) is 76.5 Å². The zero-order valence-corrected chi connectivity index (χ0v) is 21.8. The van der Waals surface area contributed by atoms with E-state index in [9.17, 15) is 40.3 Å². The summed E-state index contributed by atoms with van der Waals surface area (Å²) in [7, 11) is -1.77. The number of alkyl halides is 6. The molecule has 0 aliphatic carbocycles. The molecule has 0 spiro atoms. The lowest BCUT2D eigenvalue weighted by Crippen LogP contribution is -2.40. The van der Waals surface area contributed by atoms with Gasteiger partial charge in [0, 0.05) is 19.8 Å². The molecule has 2 amide bonds. The van der Waals surface area contributed by atoms with E-state index in [4.69, 9.17) is 4.74 Å². The van der Waals surface area contributed by atoms with Gasteiger partial charge in [-0.3, -0.25) is 4.79 Å². The van der Waals surface area contributed by atoms with Gasteiger partial charge in [-0.15, -0.1) is 5.10 Å². The number of anilines is 2. The quantitative estimate of drug-likeness (QED) is 0.242. The monoisotopic (exact) mass is 576 g/mol. The lowest BCUT2D eigenvalue weighted by Gasteiger charge is -2.25. The number of halogens is 7. The summed E-state index contributed by atoms with van der Waals surface area (Å²) in [5.74, 6) is -1.76. The molecule has 1 heterocycles. The molecular weight excluding hydrogens is 553 g/mol. The van der Waals surface area contributed by atoms with E-state index in [2.05, 4.69) is 10.4 Å². The molecule has 0 atom stereocenters. The van der Waals surface area contributed by atoms with Crippen molar-refractivity contribution in [1.29, 1.82) is 0 Å². The minimum Gasteiger partial charge on any atom is -0.448 e. The van der Waals surface area contributed by atoms with Crippen LogP contribution in [-0.4, -0.2) is 36.6 Å². The van der Waals surface area contributed by atoms with Gasteiger partial charge in [0.2, 0.25) is 0 Å². The van der Waals surface area contributed by atoms with Crippen molar-refractivity contribution >= 4 is 31.4 Å². The van der Waals surface area contributed by atoms with Gasteiger partial charge in [0.15, 0.2) is 11.4 Å². The van der Waals surface area contributed by atoms with Crippen LogP contribution in [0.5, 0.6) is 0 Å². The first-order valence-electron chi connectivity index (χ1n) is 11.3. The summed E-state index contributed by atoms with van der Waals surface area (Å²) >= 11 is 0. The molecule has 0 unspecified atom stereocenters. The third-order valence-electron chi connectivity index (χ3n) is 5.18. The summed E-state index contributed by atoms with van der Waals surface area (Å²) in [4.78, 5) is 25.3. The maximum atomic E-state index is 14.0. The van der Waals surface area contributed by atoms with Gasteiger partial charge in [0.1, 0.15) is 5.82 Å². The Hall–Kier alpha value is -3.88. The van der Waals surface area contributed by atoms with E-state index in [1.165, 1.54) is 30.3 Å². The van der Waals surface area contributed by atoms with Crippen LogP contribution in [0, 0.1) is 5.82 Å². The average molecular weight is 577 g/mol. The van der Waals surface area contributed by atoms with Gasteiger partial charge in [0.25, 0.3) is 5.91 Å². The summed E-state index contributed by atoms with van der Waals surface area (Å²) in [5, 5.41) is 5.54. The maximum Gasteiger partial charge on any atom is 0.435 e. The SMILES string of the molecule is C[Si](C)(C)CCOC(=O)N(c1cccc(NC(=O)c2ccccc2F)c1)n1nc(C(F)(F)F)cc1C(F)(F)F. The van der Waals surface area contributed by atoms with Gasteiger partial charge in [-0.05, 0) is 36.4 Å². The highest BCUT2D eigenvalue weighted by Crippen LogP contribution is 2.36. The fraction of sp³-hybridized carbons (Fsp3) is 0.292. The standard InChI is InChI=1S/C24H23F7N4O3Si/c1-39(2,3)12-11-38-22(37)34(35-20(24(29,30)31)14-19(33-35)23(26,27)28)16-8-6-7-15(13-16)32-21(36)17-9-4-5-10-18(17)25/h4-10,13-14H,11-12H2,1-3H3,(H,32,36). The molecule has 210 valence electrons. The molecule has 1 N–H and O–H groups in total. The van der Waals surface area contributed by atoms with E-state index >= 15 is 0 Å². The Morgan fingerprint density at radius 2 is 1.64 bits per heavy atom. The zero-order valence-electron chi connectivity index (χ0n) is 20.8. The normalized spacial score (nSPS) is 12.3. The Kier molecular flexibility index (Phi) is 8.43. The van der Waals surface area contributed by atoms with Gasteiger partial charge < -0.3 is 10.1 Å². The van der Waals surface area contributed by atoms with E-state index in [-0.39, 0.29) is 33.7 Å². The van der Waals surface area contributed by atoms with E-state index in [0.29, 0.717) is 6.04 Å². The van der Waals surface area contributed by atoms with Crippen LogP contribution in [-0.2, 0) is 17.1 Å². The van der Waals surface area contributed by atoms with Crippen LogP contribution >= 0.6 is 0 Å². The number of rotatable bonds is 7. The number of carbonyl (C=O) groups excluding carboxylic acids is 2. The number of ether oxygens (including phenoxy) is 1. The van der Waals surface area contributed by atoms with Crippen molar-refractivity contribution < 1.29 is 45.1 Å². The van der Waals surface area contributed by atoms with Gasteiger partial charge in [0.05, 0.1) is 17.9 Å². The number of nitrogens with zero attached hydrogens (tertiary/aromatic N) is 3. The van der Waals surface area contributed by atoms with Crippen LogP contribution in [0.25, 0.3) is 0 Å². The number of aromatic nitrogens is 2. The molecule has 39 heavy (non-hydrogen) atoms. The van der Waals surface area contributed by atoms with Crippen molar-refractivity contribution in [3.05, 3.63) is 77.4 Å². The molecule has 3 aromatic rings. The number of nitrogens with one attached hydrogen (secondary N) is 1. The van der Waals surface area contributed by atoms with Gasteiger partial charge in [-0.25, -0.2) is 9.18 Å². The Morgan fingerprint density at radius 3 is 2.23 bits per heavy atom. The van der Waals surface area contributed by atoms with E-state index < -0.39 is 55.3 Å². The first-order valence-corrected chi connectivity index (χ1v) is 15.1. The van der Waals surface area contributed by atoms with Crippen molar-refractivity contribution in [3.63, 3.8) is 0 Å². The first-order chi connectivity index (χ1) is 18.0. The predicted molar refractivity (Wildman–Crippen MR) is 130 cm³/mol. The molecule has 15 heteroatoms. The predicted octanol–water partition coefficient (Wildman–Crippen LogP) is 7.06. The lowest BCUT2D eigenvalue weighted by molar-refractivity contribution is -0.144. The Bertz CT molecular complexity index is 1350. The lowest BCUT2D eigenvalue weighted by atomic mass is 10.2. The molecule has 0 aliphatic heterocycles. The van der Waals surface area contributed by atoms with Crippen molar-refractivity contribution in [2.24, 2.45) is 0 Å². The highest BCUT2D eigenvalue weighted by molar-refractivity contribution is 6.76. The van der Waals surface area contributed by atoms with Crippen molar-refractivity contribution in [2.75, 3.05) is 16.9 Å². The molecular formula is C24H23F7N4O3Si. The second kappa shape index (κ2) is 11.1. The highest BCUT2D eigenvalue weighted by Gasteiger charge is 2.44. The molecule has 0 radical (unpaired) electrons. The molecule has 0 saturated heterocycles. The molecule has 0 fully saturated rings. The second-order valence-corrected chi connectivity index (χ2v) is 15.1. The van der Waals surface area contributed by atoms with Crippen LogP contribution in [0.3, 0.4) is 0 Å². The summed E-state index contributed by atoms with van der Waals surface area (Å²) in [6, 6.07) is 9.80. The Labute approximate surface area is 219 Å². The number of benzene rings is 2. The van der Waals surface area contributed by atoms with Crippen molar-refractivity contribution in [2.45, 2.75) is 38.0 Å². The Balaban J connectivity index is 2.07. The second-order valence-electron chi connectivity index (χ2n) is 9.52. The van der Waals surface area contributed by atoms with E-state index in [0.717, 1.165) is 18.2 Å². The summed E-state index contributed by atoms with van der Waals surface area (Å²) in [6.07, 6.45) is -12.0. The number of carbonyl (C=O) groups is 2. The average Bonchev–Trinajstić information content (AvgIpc) is 3.25. The van der Waals surface area contributed by atoms with Crippen LogP contribution in [0.4, 0.5) is 46.9 Å². The largest absolute Gasteiger partial charge is 0.448 e. The van der Waals surface area contributed by atoms with Crippen molar-refractivity contribution in [1.82, 2.24) is 9.89 Å². The maximum absolute atomic E-state index is 14.0. The molecule has 3 rings (SSSR count). The summed E-state index contributed by atoms with van der Waals surface area (Å²) in [5.41, 5.74) is -4.64. The summed E-state index contributed by atoms with van der Waals surface area (Å²) < 4.78 is 100. The number of hydrogen-bond acceptors (Lipinski definition) is 4.